The maximum absolute atomic E-state index is 12.8. The topological polar surface area (TPSA) is 115 Å². The van der Waals surface area contributed by atoms with Crippen molar-refractivity contribution >= 4 is 50.5 Å². The maximum atomic E-state index is 12.8. The number of hydrogen-bond acceptors (Lipinski definition) is 5. The summed E-state index contributed by atoms with van der Waals surface area (Å²) in [5, 5.41) is 20.4. The van der Waals surface area contributed by atoms with Crippen LogP contribution in [0.5, 0.6) is 0 Å². The number of imide groups is 1. The van der Waals surface area contributed by atoms with Crippen LogP contribution in [0.1, 0.15) is 20.7 Å². The molecule has 2 N–H and O–H groups in total. The second-order valence-corrected chi connectivity index (χ2v) is 6.21. The minimum absolute atomic E-state index is 0.203. The Kier molecular flexibility index (Phi) is 4.27. The number of benzene rings is 2. The van der Waals surface area contributed by atoms with Crippen LogP contribution in [0.15, 0.2) is 34.8 Å². The third-order valence-electron chi connectivity index (χ3n) is 3.75. The molecular weight excluding hydrogens is 396 g/mol. The monoisotopic (exact) mass is 406 g/mol. The summed E-state index contributed by atoms with van der Waals surface area (Å²) in [6, 6.07) is 8.05. The van der Waals surface area contributed by atoms with Gasteiger partial charge in [0, 0.05) is 9.86 Å². The highest BCUT2D eigenvalue weighted by atomic mass is 79.9. The Balaban J connectivity index is 2.17. The maximum Gasteiger partial charge on any atom is 0.319 e. The van der Waals surface area contributed by atoms with Crippen molar-refractivity contribution in [1.29, 1.82) is 0 Å². The summed E-state index contributed by atoms with van der Waals surface area (Å²) in [7, 11) is 0. The molecule has 1 heterocycles. The average Bonchev–Trinajstić information content (AvgIpc) is 2.52. The summed E-state index contributed by atoms with van der Waals surface area (Å²) in [5.41, 5.74) is 0.406. The van der Waals surface area contributed by atoms with Gasteiger partial charge in [0.25, 0.3) is 11.8 Å². The van der Waals surface area contributed by atoms with E-state index in [9.17, 15) is 19.2 Å². The van der Waals surface area contributed by atoms with E-state index in [1.807, 2.05) is 0 Å². The fourth-order valence-electron chi connectivity index (χ4n) is 2.81. The summed E-state index contributed by atoms with van der Waals surface area (Å²) in [6.07, 6.45) is 0. The number of hydrogen-bond donors (Lipinski definition) is 2. The molecule has 1 aliphatic rings. The van der Waals surface area contributed by atoms with Gasteiger partial charge < -0.3 is 10.2 Å². The van der Waals surface area contributed by atoms with Gasteiger partial charge in [0.05, 0.1) is 11.1 Å². The van der Waals surface area contributed by atoms with Crippen LogP contribution in [-0.2, 0) is 9.59 Å². The number of carbonyl (C=O) groups is 4. The van der Waals surface area contributed by atoms with Crippen LogP contribution in [0.25, 0.3) is 10.8 Å². The number of rotatable bonds is 5. The van der Waals surface area contributed by atoms with E-state index < -0.39 is 36.8 Å². The van der Waals surface area contributed by atoms with Crippen molar-refractivity contribution in [1.82, 2.24) is 10.0 Å². The van der Waals surface area contributed by atoms with Gasteiger partial charge in [-0.05, 0) is 23.6 Å². The van der Waals surface area contributed by atoms with E-state index in [0.29, 0.717) is 25.3 Å². The Morgan fingerprint density at radius 1 is 0.960 bits per heavy atom. The lowest BCUT2D eigenvalue weighted by atomic mass is 9.95. The second kappa shape index (κ2) is 6.26. The summed E-state index contributed by atoms with van der Waals surface area (Å²) < 4.78 is 0.704. The molecule has 2 amide bonds. The Morgan fingerprint density at radius 3 is 2.08 bits per heavy atom. The van der Waals surface area contributed by atoms with Gasteiger partial charge in [-0.25, -0.2) is 5.01 Å². The van der Waals surface area contributed by atoms with Crippen LogP contribution in [-0.4, -0.2) is 57.1 Å². The lowest BCUT2D eigenvalue weighted by molar-refractivity contribution is -0.146. The lowest BCUT2D eigenvalue weighted by Gasteiger charge is -2.34. The molecule has 2 aromatic rings. The molecular formula is C16H11BrN2O6. The summed E-state index contributed by atoms with van der Waals surface area (Å²) in [6.45, 7) is -1.60. The van der Waals surface area contributed by atoms with Crippen molar-refractivity contribution in [2.24, 2.45) is 0 Å². The molecule has 0 atom stereocenters. The minimum atomic E-state index is -1.36. The van der Waals surface area contributed by atoms with Crippen molar-refractivity contribution in [2.75, 3.05) is 13.1 Å². The van der Waals surface area contributed by atoms with E-state index in [4.69, 9.17) is 10.2 Å². The van der Waals surface area contributed by atoms with Gasteiger partial charge in [0.2, 0.25) is 0 Å². The molecule has 0 fully saturated rings. The molecule has 0 spiro atoms. The van der Waals surface area contributed by atoms with Gasteiger partial charge in [-0.3, -0.25) is 19.2 Å². The van der Waals surface area contributed by atoms with E-state index in [1.54, 1.807) is 18.2 Å². The van der Waals surface area contributed by atoms with Gasteiger partial charge >= 0.3 is 11.9 Å². The van der Waals surface area contributed by atoms with Gasteiger partial charge in [0.15, 0.2) is 0 Å². The highest BCUT2D eigenvalue weighted by molar-refractivity contribution is 9.10. The van der Waals surface area contributed by atoms with Crippen LogP contribution >= 0.6 is 15.9 Å². The highest BCUT2D eigenvalue weighted by Crippen LogP contribution is 2.34. The van der Waals surface area contributed by atoms with Gasteiger partial charge in [-0.15, -0.1) is 0 Å². The predicted octanol–water partition coefficient (Wildman–Crippen LogP) is 1.58. The Labute approximate surface area is 149 Å². The average molecular weight is 407 g/mol. The summed E-state index contributed by atoms with van der Waals surface area (Å²) in [5.74, 6) is -4.24. The highest BCUT2D eigenvalue weighted by Gasteiger charge is 2.38. The van der Waals surface area contributed by atoms with Gasteiger partial charge in [-0.1, -0.05) is 28.1 Å². The van der Waals surface area contributed by atoms with Crippen LogP contribution in [0.3, 0.4) is 0 Å². The third-order valence-corrected chi connectivity index (χ3v) is 4.44. The largest absolute Gasteiger partial charge is 0.480 e. The molecule has 8 nitrogen and oxygen atoms in total. The fraction of sp³-hybridized carbons (Fsp3) is 0.125. The molecule has 128 valence electrons. The first kappa shape index (κ1) is 17.1. The number of halogens is 1. The second-order valence-electron chi connectivity index (χ2n) is 5.36. The van der Waals surface area contributed by atoms with Crippen LogP contribution < -0.4 is 0 Å². The molecule has 0 radical (unpaired) electrons. The SMILES string of the molecule is O=C(O)CN(CC(=O)O)N1C(=O)c2cccc3c(Br)ccc(c23)C1=O. The molecule has 0 saturated carbocycles. The van der Waals surface area contributed by atoms with Crippen molar-refractivity contribution in [3.8, 4) is 0 Å². The number of aliphatic carboxylic acids is 2. The smallest absolute Gasteiger partial charge is 0.319 e. The quantitative estimate of drug-likeness (QED) is 0.724. The van der Waals surface area contributed by atoms with Crippen LogP contribution in [0.2, 0.25) is 0 Å². The predicted molar refractivity (Wildman–Crippen MR) is 89.0 cm³/mol. The standard InChI is InChI=1S/C16H11BrN2O6/c17-11-5-4-10-14-8(11)2-1-3-9(14)15(24)19(16(10)25)18(6-12(20)21)7-13(22)23/h1-5H,6-7H2,(H,20,21)(H,22,23). The number of hydrazine groups is 1. The van der Waals surface area contributed by atoms with E-state index >= 15 is 0 Å². The molecule has 0 aliphatic carbocycles. The molecule has 0 unspecified atom stereocenters. The Morgan fingerprint density at radius 2 is 1.52 bits per heavy atom. The van der Waals surface area contributed by atoms with Crippen molar-refractivity contribution in [2.45, 2.75) is 0 Å². The third kappa shape index (κ3) is 2.87. The number of carbonyl (C=O) groups excluding carboxylic acids is 2. The number of carboxylic acid groups (broad SMARTS) is 2. The first-order valence-corrected chi connectivity index (χ1v) is 7.89. The minimum Gasteiger partial charge on any atom is -0.480 e. The van der Waals surface area contributed by atoms with Crippen LogP contribution in [0, 0.1) is 0 Å². The molecule has 2 aromatic carbocycles. The molecule has 1 aliphatic heterocycles. The van der Waals surface area contributed by atoms with Crippen LogP contribution in [0.4, 0.5) is 0 Å². The first-order chi connectivity index (χ1) is 11.8. The molecule has 0 aromatic heterocycles. The van der Waals surface area contributed by atoms with Crippen molar-refractivity contribution in [3.05, 3.63) is 45.9 Å². The summed E-state index contributed by atoms with van der Waals surface area (Å²) in [4.78, 5) is 47.7. The normalized spacial score (nSPS) is 13.6. The number of amides is 2. The zero-order valence-electron chi connectivity index (χ0n) is 12.6. The van der Waals surface area contributed by atoms with Crippen molar-refractivity contribution < 1.29 is 29.4 Å². The van der Waals surface area contributed by atoms with E-state index in [-0.39, 0.29) is 11.1 Å². The zero-order valence-corrected chi connectivity index (χ0v) is 14.2. The molecule has 25 heavy (non-hydrogen) atoms. The molecule has 3 rings (SSSR count). The Hall–Kier alpha value is -2.78. The number of carboxylic acids is 2. The zero-order chi connectivity index (χ0) is 18.3. The van der Waals surface area contributed by atoms with Crippen molar-refractivity contribution in [3.63, 3.8) is 0 Å². The molecule has 0 saturated heterocycles. The first-order valence-electron chi connectivity index (χ1n) is 7.09. The molecule has 9 heteroatoms. The van der Waals surface area contributed by atoms with E-state index in [0.717, 1.165) is 0 Å². The van der Waals surface area contributed by atoms with Gasteiger partial charge in [0.1, 0.15) is 13.1 Å². The Bertz CT molecular complexity index is 903. The van der Waals surface area contributed by atoms with E-state index in [1.165, 1.54) is 12.1 Å². The number of nitrogens with zero attached hydrogens (tertiary/aromatic N) is 2. The lowest BCUT2D eigenvalue weighted by Crippen LogP contribution is -2.55. The fourth-order valence-corrected chi connectivity index (χ4v) is 3.28. The summed E-state index contributed by atoms with van der Waals surface area (Å²) >= 11 is 3.37. The van der Waals surface area contributed by atoms with E-state index in [2.05, 4.69) is 15.9 Å². The molecule has 0 bridgehead atoms. The van der Waals surface area contributed by atoms with Gasteiger partial charge in [-0.2, -0.15) is 5.01 Å².